The molecule has 0 saturated carbocycles. The first kappa shape index (κ1) is 109. The van der Waals surface area contributed by atoms with Gasteiger partial charge in [0.1, 0.15) is 72.5 Å². The van der Waals surface area contributed by atoms with Crippen LogP contribution in [0.5, 0.6) is 0 Å². The minimum Gasteiger partial charge on any atom is -0.550 e. The number of hydrogen-bond donors (Lipinski definition) is 25. The number of guanidine groups is 3. The average molecular weight is 1800 g/mol. The number of carboxylic acids is 2. The number of amides is 16. The molecule has 0 radical (unpaired) electrons. The summed E-state index contributed by atoms with van der Waals surface area (Å²) in [7, 11) is -5.25. The molecule has 14 atom stereocenters. The Labute approximate surface area is 727 Å². The van der Waals surface area contributed by atoms with Gasteiger partial charge in [-0.3, -0.25) is 126 Å². The Bertz CT molecular complexity index is 4360. The molecular weight excluding hydrogens is 1680 g/mol. The largest absolute Gasteiger partial charge is 0.550 e. The normalized spacial score (nSPS) is 14.4. The van der Waals surface area contributed by atoms with Crippen LogP contribution >= 0.6 is 0 Å². The van der Waals surface area contributed by atoms with Crippen LogP contribution in [0.2, 0.25) is 0 Å². The lowest BCUT2D eigenvalue weighted by Gasteiger charge is -2.29. The molecule has 0 bridgehead atoms. The van der Waals surface area contributed by atoms with Gasteiger partial charge in [-0.1, -0.05) is 90.8 Å². The van der Waals surface area contributed by atoms with Crippen molar-refractivity contribution in [3.8, 4) is 0 Å². The van der Waals surface area contributed by atoms with Gasteiger partial charge in [0.05, 0.1) is 31.1 Å². The molecule has 700 valence electrons. The van der Waals surface area contributed by atoms with Gasteiger partial charge < -0.3 is 106 Å². The van der Waals surface area contributed by atoms with Crippen LogP contribution in [-0.2, 0) is 98.2 Å². The first-order valence-electron chi connectivity index (χ1n) is 40.6. The fraction of sp³-hybridized carbons (Fsp3) is 0.571. The number of benzene rings is 2. The molecule has 0 aliphatic rings. The minimum absolute atomic E-state index is 0.00489. The highest BCUT2D eigenvalue weighted by atomic mass is 32.3. The number of aryl methyl sites for hydroxylation is 1. The number of carbonyl (C=O) groups is 18. The highest BCUT2D eigenvalue weighted by Crippen LogP contribution is 2.19. The van der Waals surface area contributed by atoms with Gasteiger partial charge in [0.15, 0.2) is 0 Å². The van der Waals surface area contributed by atoms with Crippen LogP contribution < -0.4 is 145 Å². The standard InChI is InChI=1S/C77H122FN25O22S/c1-10-39(5)60(73(122)91-37-57(106)94-54(35-59(109)110)71(120)98-48(21-16-30-88-76(83)84)66(115)100-52(62(80)111)33-44-18-13-12-14-19-44)102-69(118)49(22-17-31-89-77(85)86)96-65(114)47(20-15-29-87-75(81)82)97-70(119)53(32-38(3)4)101-68(117)50(25-27-56(79)105)99-67(116)51(26-28-58(107)108)95-63(112)42(8)92-74(123)61(40(6)11-2)103-72(121)55(93-43(9)104)36-90-64(113)46-34-45(126(78,124)125)24-23-41(46)7/h12-14,18-19,23-24,34,38-40,42,47-55,60-61H,10-11,15-17,20-22,25-33,35-37H2,1-9H3,(H2,79,105)(H2,80,111)(H,90,113)(H,91,122)(H,92,123)(H,93,104)(H,94,106)(H,95,112)(H,96,114)(H,97,119)(H,98,120)(H,99,116)(H,100,115)(H,101,117)(H,102,118)(H,103,121)(H,107,108)(H,109,110)(H4,81,82,87)(H4,83,84,88)(H4,85,86,89)/p+1/t39-,40-,42-,47-,48-,49-,50-,51-,52-,53-,54-,55-,60-,61-/m0/s1. The molecule has 16 amide bonds. The second-order valence-electron chi connectivity index (χ2n) is 30.4. The number of nitrogens with one attached hydrogen (secondary N) is 17. The van der Waals surface area contributed by atoms with E-state index in [1.54, 1.807) is 65.0 Å². The maximum atomic E-state index is 14.8. The molecule has 0 unspecified atom stereocenters. The van der Waals surface area contributed by atoms with Crippen molar-refractivity contribution in [2.75, 3.05) is 32.7 Å². The minimum atomic E-state index is -5.25. The topological polar surface area (TPSA) is 806 Å². The summed E-state index contributed by atoms with van der Waals surface area (Å²) in [6.45, 7) is 11.7. The summed E-state index contributed by atoms with van der Waals surface area (Å²) >= 11 is 0. The molecule has 2 aromatic carbocycles. The maximum Gasteiger partial charge on any atom is 0.338 e. The van der Waals surface area contributed by atoms with Crippen molar-refractivity contribution in [1.82, 2.24) is 74.4 Å². The molecule has 0 spiro atoms. The monoisotopic (exact) mass is 1800 g/mol. The van der Waals surface area contributed by atoms with E-state index in [4.69, 9.17) is 45.9 Å². The summed E-state index contributed by atoms with van der Waals surface area (Å²) < 4.78 is 37.1. The van der Waals surface area contributed by atoms with Crippen molar-refractivity contribution in [2.24, 2.45) is 63.6 Å². The van der Waals surface area contributed by atoms with E-state index in [2.05, 4.69) is 89.4 Å². The number of hydrogen-bond acceptors (Lipinski definition) is 22. The van der Waals surface area contributed by atoms with Gasteiger partial charge >= 0.3 is 28.1 Å². The Balaban J connectivity index is 2.53. The third-order valence-corrected chi connectivity index (χ3v) is 20.3. The van der Waals surface area contributed by atoms with Gasteiger partial charge in [0.2, 0.25) is 88.6 Å². The zero-order valence-corrected chi connectivity index (χ0v) is 72.6. The summed E-state index contributed by atoms with van der Waals surface area (Å²) in [6, 6.07) is -8.20. The van der Waals surface area contributed by atoms with Crippen molar-refractivity contribution in [2.45, 2.75) is 236 Å². The van der Waals surface area contributed by atoms with Crippen LogP contribution in [0.25, 0.3) is 0 Å². The van der Waals surface area contributed by atoms with Crippen molar-refractivity contribution >= 4 is 135 Å². The average Bonchev–Trinajstić information content (AvgIpc) is 0.856. The summed E-state index contributed by atoms with van der Waals surface area (Å²) in [5.74, 6) is -22.8. The molecule has 2 rings (SSSR count). The number of carboxylic acid groups (broad SMARTS) is 2. The fourth-order valence-electron chi connectivity index (χ4n) is 12.1. The first-order valence-corrected chi connectivity index (χ1v) is 41.9. The number of nitrogens with two attached hydrogens (primary N) is 8. The molecule has 0 fully saturated rings. The highest BCUT2D eigenvalue weighted by Gasteiger charge is 2.39. The number of rotatable bonds is 58. The summed E-state index contributed by atoms with van der Waals surface area (Å²) in [5.41, 5.74) is 45.2. The van der Waals surface area contributed by atoms with E-state index in [0.29, 0.717) is 5.56 Å². The quantitative estimate of drug-likeness (QED) is 0.0127. The summed E-state index contributed by atoms with van der Waals surface area (Å²) in [5, 5.41) is 57.9. The molecule has 0 saturated heterocycles. The smallest absolute Gasteiger partial charge is 0.338 e. The van der Waals surface area contributed by atoms with E-state index >= 15 is 0 Å². The molecule has 33 N–H and O–H groups in total. The molecular formula is C77H123FN25O22S+. The number of aliphatic carboxylic acids is 2. The molecule has 0 heterocycles. The molecule has 0 aromatic heterocycles. The Morgan fingerprint density at radius 2 is 0.857 bits per heavy atom. The number of primary amides is 2. The molecule has 0 aliphatic carbocycles. The van der Waals surface area contributed by atoms with E-state index in [-0.39, 0.29) is 113 Å². The lowest BCUT2D eigenvalue weighted by molar-refractivity contribution is -0.460. The first-order chi connectivity index (χ1) is 59.0. The maximum absolute atomic E-state index is 14.8. The Kier molecular flexibility index (Phi) is 47.4. The third-order valence-electron chi connectivity index (χ3n) is 19.4. The predicted molar refractivity (Wildman–Crippen MR) is 445 cm³/mol. The Morgan fingerprint density at radius 1 is 0.444 bits per heavy atom. The van der Waals surface area contributed by atoms with E-state index in [1.165, 1.54) is 13.8 Å². The summed E-state index contributed by atoms with van der Waals surface area (Å²) in [6.07, 6.45) is -4.43. The van der Waals surface area contributed by atoms with Crippen molar-refractivity contribution in [1.29, 1.82) is 0 Å². The van der Waals surface area contributed by atoms with Crippen LogP contribution in [0, 0.1) is 24.7 Å². The molecule has 49 heteroatoms. The van der Waals surface area contributed by atoms with Crippen molar-refractivity contribution < 1.29 is 124 Å². The lowest BCUT2D eigenvalue weighted by atomic mass is 9.97. The Hall–Kier alpha value is -13.4. The van der Waals surface area contributed by atoms with Gasteiger partial charge in [-0.2, -0.15) is 8.42 Å². The Morgan fingerprint density at radius 3 is 1.28 bits per heavy atom. The third kappa shape index (κ3) is 41.6. The highest BCUT2D eigenvalue weighted by molar-refractivity contribution is 7.86. The predicted octanol–water partition coefficient (Wildman–Crippen LogP) is -15.4. The van der Waals surface area contributed by atoms with Gasteiger partial charge in [-0.25, -0.2) is 0 Å². The van der Waals surface area contributed by atoms with Crippen molar-refractivity contribution in [3.63, 3.8) is 0 Å². The van der Waals surface area contributed by atoms with Gasteiger partial charge in [-0.15, -0.1) is 3.89 Å². The van der Waals surface area contributed by atoms with E-state index in [9.17, 15) is 109 Å². The van der Waals surface area contributed by atoms with Crippen LogP contribution in [0.1, 0.15) is 167 Å². The molecule has 126 heavy (non-hydrogen) atoms. The lowest BCUT2D eigenvalue weighted by Crippen LogP contribution is -2.78. The second-order valence-corrected chi connectivity index (χ2v) is 31.8. The zero-order valence-electron chi connectivity index (χ0n) is 71.8. The molecule has 0 aliphatic heterocycles. The molecule has 47 nitrogen and oxygen atoms in total. The number of carbonyl (C=O) groups excluding carboxylic acids is 18. The second kappa shape index (κ2) is 55.0. The SMILES string of the molecule is CC[C@H](C)[C@H](NC(=O)[C@H](CCC[NH+]=C(N)N)NC(=O)[C@H](CCC[NH+]=C(N)N)NC(=O)[C@H](CC(C)C)NC(=O)[C@H](CCC(N)=O)NC(=O)[C@H](CCC(=O)[O-])NC(=O)[C@H](C)NC(=O)[C@@H](NC(=O)[C@H](CNC(=O)c1cc(S(=O)(=O)F)ccc1C)NC(C)=O)[C@@H](C)CC)C(=O)NCC(=O)N[C@@H](CC(=O)[O-])C(=O)N[C@@H](CCC[NH+]=C(N)N)C(=O)N[C@@H](Cc1ccccc1)C(N)=O. The molecule has 2 aromatic rings. The van der Waals surface area contributed by atoms with Crippen LogP contribution in [0.3, 0.4) is 0 Å². The van der Waals surface area contributed by atoms with E-state index in [1.807, 2.05) is 0 Å². The van der Waals surface area contributed by atoms with Gasteiger partial charge in [-0.05, 0) is 119 Å². The van der Waals surface area contributed by atoms with Gasteiger partial charge in [0.25, 0.3) is 5.91 Å². The van der Waals surface area contributed by atoms with Crippen molar-refractivity contribution in [3.05, 3.63) is 65.2 Å². The van der Waals surface area contributed by atoms with Crippen LogP contribution in [-0.4, -0.2) is 238 Å². The van der Waals surface area contributed by atoms with E-state index in [0.717, 1.165) is 32.0 Å². The summed E-state index contributed by atoms with van der Waals surface area (Å²) in [4.78, 5) is 252. The van der Waals surface area contributed by atoms with Crippen LogP contribution in [0.15, 0.2) is 53.4 Å². The van der Waals surface area contributed by atoms with Gasteiger partial charge in [0, 0.05) is 50.2 Å². The zero-order chi connectivity index (χ0) is 95.4. The number of halogens is 1. The van der Waals surface area contributed by atoms with Crippen LogP contribution in [0.4, 0.5) is 3.89 Å². The van der Waals surface area contributed by atoms with E-state index < -0.39 is 257 Å². The fourth-order valence-corrected chi connectivity index (χ4v) is 12.6.